The minimum atomic E-state index is -0.396. The first kappa shape index (κ1) is 5.94. The molecule has 0 saturated heterocycles. The summed E-state index contributed by atoms with van der Waals surface area (Å²) >= 11 is 0. The van der Waals surface area contributed by atoms with Gasteiger partial charge in [0.15, 0.2) is 5.71 Å². The molecule has 4 nitrogen and oxygen atoms in total. The Bertz CT molecular complexity index is 183. The van der Waals surface area contributed by atoms with Crippen molar-refractivity contribution in [3.63, 3.8) is 0 Å². The van der Waals surface area contributed by atoms with Gasteiger partial charge in [-0.05, 0) is 0 Å². The molecule has 0 saturated carbocycles. The number of methoxy groups -OCH3 is 1. The number of carbonyl (C=O) groups excluding carboxylic acids is 1. The third-order valence-corrected chi connectivity index (χ3v) is 0.966. The summed E-state index contributed by atoms with van der Waals surface area (Å²) in [4.78, 5) is 10.6. The lowest BCUT2D eigenvalue weighted by Crippen LogP contribution is -2.13. The molecule has 1 aliphatic heterocycles. The first-order valence-corrected chi connectivity index (χ1v) is 2.51. The number of hydrogen-bond acceptors (Lipinski definition) is 4. The molecular formula is C5H6N2O2. The fourth-order valence-electron chi connectivity index (χ4n) is 0.521. The molecule has 4 heteroatoms. The first-order valence-electron chi connectivity index (χ1n) is 2.51. The van der Waals surface area contributed by atoms with Crippen LogP contribution in [0.3, 0.4) is 0 Å². The maximum Gasteiger partial charge on any atom is 0.354 e. The van der Waals surface area contributed by atoms with E-state index in [0.717, 1.165) is 0 Å². The van der Waals surface area contributed by atoms with Crippen LogP contribution in [0.5, 0.6) is 0 Å². The molecule has 0 atom stereocenters. The van der Waals surface area contributed by atoms with E-state index in [0.29, 0.717) is 12.1 Å². The van der Waals surface area contributed by atoms with Gasteiger partial charge in [0.1, 0.15) is 0 Å². The van der Waals surface area contributed by atoms with Crippen molar-refractivity contribution < 1.29 is 9.53 Å². The van der Waals surface area contributed by atoms with Gasteiger partial charge in [-0.25, -0.2) is 4.79 Å². The number of hydrogen-bond donors (Lipinski definition) is 0. The Morgan fingerprint density at radius 2 is 2.67 bits per heavy atom. The zero-order chi connectivity index (χ0) is 6.69. The molecule has 0 amide bonds. The average molecular weight is 126 g/mol. The zero-order valence-corrected chi connectivity index (χ0v) is 5.00. The number of carbonyl (C=O) groups is 1. The van der Waals surface area contributed by atoms with Gasteiger partial charge in [0.05, 0.1) is 7.11 Å². The van der Waals surface area contributed by atoms with E-state index in [1.807, 2.05) is 0 Å². The number of nitrogens with zero attached hydrogens (tertiary/aromatic N) is 2. The molecular weight excluding hydrogens is 120 g/mol. The van der Waals surface area contributed by atoms with Crippen LogP contribution in [0.4, 0.5) is 0 Å². The molecule has 1 rings (SSSR count). The molecule has 0 unspecified atom stereocenters. The summed E-state index contributed by atoms with van der Waals surface area (Å²) < 4.78 is 4.38. The third-order valence-electron chi connectivity index (χ3n) is 0.966. The Kier molecular flexibility index (Phi) is 1.58. The third kappa shape index (κ3) is 1.13. The molecule has 0 radical (unpaired) electrons. The Hall–Kier alpha value is -1.19. The van der Waals surface area contributed by atoms with Gasteiger partial charge in [-0.15, -0.1) is 5.10 Å². The van der Waals surface area contributed by atoms with Gasteiger partial charge < -0.3 is 4.74 Å². The Balaban J connectivity index is 2.55. The predicted molar refractivity (Wildman–Crippen MR) is 32.6 cm³/mol. The molecule has 1 heterocycles. The summed E-state index contributed by atoms with van der Waals surface area (Å²) in [6.07, 6.45) is 2.05. The highest BCUT2D eigenvalue weighted by molar-refractivity contribution is 6.39. The van der Waals surface area contributed by atoms with Crippen molar-refractivity contribution in [2.75, 3.05) is 7.11 Å². The monoisotopic (exact) mass is 126 g/mol. The molecule has 0 bridgehead atoms. The fourth-order valence-corrected chi connectivity index (χ4v) is 0.521. The summed E-state index contributed by atoms with van der Waals surface area (Å²) in [5.74, 6) is -0.396. The second-order valence-electron chi connectivity index (χ2n) is 1.54. The summed E-state index contributed by atoms with van der Waals surface area (Å²) in [6, 6.07) is 0. The largest absolute Gasteiger partial charge is 0.464 e. The first-order chi connectivity index (χ1) is 4.34. The van der Waals surface area contributed by atoms with E-state index in [-0.39, 0.29) is 0 Å². The van der Waals surface area contributed by atoms with Crippen LogP contribution in [0.1, 0.15) is 6.42 Å². The van der Waals surface area contributed by atoms with Crippen molar-refractivity contribution in [3.05, 3.63) is 0 Å². The van der Waals surface area contributed by atoms with Gasteiger partial charge in [-0.3, -0.25) is 0 Å². The van der Waals surface area contributed by atoms with Crippen molar-refractivity contribution in [1.82, 2.24) is 0 Å². The SMILES string of the molecule is COC(=O)C1=NN=CC1. The maximum atomic E-state index is 10.6. The average Bonchev–Trinajstić information content (AvgIpc) is 2.37. The van der Waals surface area contributed by atoms with Crippen molar-refractivity contribution in [1.29, 1.82) is 0 Å². The summed E-state index contributed by atoms with van der Waals surface area (Å²) in [7, 11) is 1.32. The van der Waals surface area contributed by atoms with E-state index < -0.39 is 5.97 Å². The lowest BCUT2D eigenvalue weighted by Gasteiger charge is -1.92. The van der Waals surface area contributed by atoms with E-state index in [1.54, 1.807) is 6.21 Å². The number of ether oxygens (including phenoxy) is 1. The van der Waals surface area contributed by atoms with Gasteiger partial charge >= 0.3 is 5.97 Å². The van der Waals surface area contributed by atoms with Gasteiger partial charge in [0.2, 0.25) is 0 Å². The van der Waals surface area contributed by atoms with Crippen LogP contribution in [0.2, 0.25) is 0 Å². The second-order valence-corrected chi connectivity index (χ2v) is 1.54. The highest BCUT2D eigenvalue weighted by Gasteiger charge is 2.12. The van der Waals surface area contributed by atoms with Crippen molar-refractivity contribution >= 4 is 17.9 Å². The van der Waals surface area contributed by atoms with Crippen LogP contribution < -0.4 is 0 Å². The van der Waals surface area contributed by atoms with Gasteiger partial charge in [0.25, 0.3) is 0 Å². The topological polar surface area (TPSA) is 51.0 Å². The summed E-state index contributed by atoms with van der Waals surface area (Å²) in [6.45, 7) is 0. The molecule has 9 heavy (non-hydrogen) atoms. The zero-order valence-electron chi connectivity index (χ0n) is 5.00. The quantitative estimate of drug-likeness (QED) is 0.464. The molecule has 0 aromatic heterocycles. The maximum absolute atomic E-state index is 10.6. The Morgan fingerprint density at radius 3 is 3.11 bits per heavy atom. The molecule has 1 aliphatic rings. The van der Waals surface area contributed by atoms with Crippen LogP contribution in [-0.4, -0.2) is 25.0 Å². The van der Waals surface area contributed by atoms with Crippen molar-refractivity contribution in [2.45, 2.75) is 6.42 Å². The highest BCUT2D eigenvalue weighted by Crippen LogP contribution is 1.95. The molecule has 0 spiro atoms. The van der Waals surface area contributed by atoms with Crippen molar-refractivity contribution in [3.8, 4) is 0 Å². The fraction of sp³-hybridized carbons (Fsp3) is 0.400. The normalized spacial score (nSPS) is 15.4. The smallest absolute Gasteiger partial charge is 0.354 e. The Labute approximate surface area is 52.2 Å². The van der Waals surface area contributed by atoms with E-state index in [4.69, 9.17) is 0 Å². The van der Waals surface area contributed by atoms with E-state index >= 15 is 0 Å². The number of esters is 1. The second kappa shape index (κ2) is 2.39. The van der Waals surface area contributed by atoms with E-state index in [1.165, 1.54) is 7.11 Å². The molecule has 0 aromatic carbocycles. The molecule has 0 aromatic rings. The molecule has 0 aliphatic carbocycles. The van der Waals surface area contributed by atoms with Crippen LogP contribution >= 0.6 is 0 Å². The lowest BCUT2D eigenvalue weighted by atomic mass is 10.3. The highest BCUT2D eigenvalue weighted by atomic mass is 16.5. The molecule has 48 valence electrons. The van der Waals surface area contributed by atoms with Gasteiger partial charge in [-0.2, -0.15) is 5.10 Å². The minimum absolute atomic E-state index is 0.373. The van der Waals surface area contributed by atoms with Crippen molar-refractivity contribution in [2.24, 2.45) is 10.2 Å². The van der Waals surface area contributed by atoms with Crippen LogP contribution in [-0.2, 0) is 9.53 Å². The minimum Gasteiger partial charge on any atom is -0.464 e. The van der Waals surface area contributed by atoms with E-state index in [9.17, 15) is 4.79 Å². The predicted octanol–water partition coefficient (Wildman–Crippen LogP) is -0.0101. The van der Waals surface area contributed by atoms with Crippen LogP contribution in [0, 0.1) is 0 Å². The van der Waals surface area contributed by atoms with Crippen LogP contribution in [0.25, 0.3) is 0 Å². The van der Waals surface area contributed by atoms with E-state index in [2.05, 4.69) is 14.9 Å². The number of rotatable bonds is 1. The Morgan fingerprint density at radius 1 is 1.89 bits per heavy atom. The van der Waals surface area contributed by atoms with Crippen LogP contribution in [0.15, 0.2) is 10.2 Å². The molecule has 0 fully saturated rings. The summed E-state index contributed by atoms with van der Waals surface area (Å²) in [5.41, 5.74) is 0.373. The standard InChI is InChI=1S/C5H6N2O2/c1-9-5(8)4-2-3-6-7-4/h3H,2H2,1H3. The molecule has 0 N–H and O–H groups in total. The lowest BCUT2D eigenvalue weighted by molar-refractivity contribution is -0.132. The van der Waals surface area contributed by atoms with Gasteiger partial charge in [0, 0.05) is 12.6 Å². The summed E-state index contributed by atoms with van der Waals surface area (Å²) in [5, 5.41) is 7.01. The van der Waals surface area contributed by atoms with Gasteiger partial charge in [-0.1, -0.05) is 0 Å².